The van der Waals surface area contributed by atoms with Gasteiger partial charge in [-0.1, -0.05) is 194 Å². The molecule has 3 heterocycles. The Morgan fingerprint density at radius 2 is 0.718 bits per heavy atom. The van der Waals surface area contributed by atoms with Gasteiger partial charge in [-0.25, -0.2) is 19.9 Å². The molecular weight excluding hydrogens is 865 g/mol. The lowest BCUT2D eigenvalue weighted by atomic mass is 9.88. The van der Waals surface area contributed by atoms with Crippen molar-refractivity contribution >= 4 is 97.5 Å². The van der Waals surface area contributed by atoms with Gasteiger partial charge < -0.3 is 4.42 Å². The Balaban J connectivity index is 0.956. The summed E-state index contributed by atoms with van der Waals surface area (Å²) in [5, 5.41) is 17.3. The molecule has 0 saturated carbocycles. The van der Waals surface area contributed by atoms with Crippen LogP contribution in [-0.2, 0) is 0 Å². The summed E-state index contributed by atoms with van der Waals surface area (Å²) in [5.41, 5.74) is 9.42. The predicted molar refractivity (Wildman–Crippen MR) is 295 cm³/mol. The molecule has 5 nitrogen and oxygen atoms in total. The summed E-state index contributed by atoms with van der Waals surface area (Å²) >= 11 is 0. The summed E-state index contributed by atoms with van der Waals surface area (Å²) < 4.78 is 6.80. The van der Waals surface area contributed by atoms with E-state index >= 15 is 0 Å². The largest absolute Gasteiger partial charge is 0.456 e. The van der Waals surface area contributed by atoms with E-state index in [2.05, 4.69) is 224 Å². The van der Waals surface area contributed by atoms with Crippen LogP contribution in [0.3, 0.4) is 0 Å². The summed E-state index contributed by atoms with van der Waals surface area (Å²) in [7, 11) is 0. The number of pyridine rings is 1. The van der Waals surface area contributed by atoms with E-state index in [1.807, 2.05) is 6.07 Å². The van der Waals surface area contributed by atoms with E-state index in [4.69, 9.17) is 24.4 Å². The number of benzene rings is 12. The molecule has 0 spiro atoms. The van der Waals surface area contributed by atoms with Crippen LogP contribution in [0.4, 0.5) is 0 Å². The number of para-hydroxylation sites is 2. The van der Waals surface area contributed by atoms with Crippen LogP contribution in [0.25, 0.3) is 154 Å². The number of nitrogens with zero attached hydrogens (tertiary/aromatic N) is 4. The average molecular weight is 903 g/mol. The first-order chi connectivity index (χ1) is 35.2. The van der Waals surface area contributed by atoms with Crippen LogP contribution in [0.5, 0.6) is 0 Å². The van der Waals surface area contributed by atoms with Crippen LogP contribution in [0.2, 0.25) is 0 Å². The second-order valence-corrected chi connectivity index (χ2v) is 18.5. The van der Waals surface area contributed by atoms with Crippen molar-refractivity contribution in [2.24, 2.45) is 0 Å². The van der Waals surface area contributed by atoms with Crippen LogP contribution in [-0.4, -0.2) is 19.9 Å². The molecule has 0 amide bonds. The van der Waals surface area contributed by atoms with Crippen molar-refractivity contribution in [3.05, 3.63) is 231 Å². The van der Waals surface area contributed by atoms with Gasteiger partial charge >= 0.3 is 0 Å². The van der Waals surface area contributed by atoms with E-state index < -0.39 is 0 Å². The molecule has 0 saturated heterocycles. The highest BCUT2D eigenvalue weighted by atomic mass is 16.3. The summed E-state index contributed by atoms with van der Waals surface area (Å²) in [5.74, 6) is 1.84. The molecule has 3 aromatic heterocycles. The van der Waals surface area contributed by atoms with Gasteiger partial charge in [0.15, 0.2) is 17.5 Å². The topological polar surface area (TPSA) is 64.7 Å². The van der Waals surface area contributed by atoms with Gasteiger partial charge in [0.1, 0.15) is 11.2 Å². The predicted octanol–water partition coefficient (Wildman–Crippen LogP) is 17.6. The Morgan fingerprint density at radius 3 is 1.35 bits per heavy atom. The van der Waals surface area contributed by atoms with Gasteiger partial charge in [0.05, 0.1) is 11.2 Å². The van der Waals surface area contributed by atoms with Gasteiger partial charge in [-0.2, -0.15) is 0 Å². The van der Waals surface area contributed by atoms with E-state index in [1.165, 1.54) is 43.1 Å². The average Bonchev–Trinajstić information content (AvgIpc) is 3.82. The van der Waals surface area contributed by atoms with Crippen molar-refractivity contribution in [3.63, 3.8) is 0 Å². The highest BCUT2D eigenvalue weighted by Crippen LogP contribution is 2.47. The van der Waals surface area contributed by atoms with Crippen molar-refractivity contribution in [1.82, 2.24) is 19.9 Å². The summed E-state index contributed by atoms with van der Waals surface area (Å²) in [6.45, 7) is 0. The number of hydrogen-bond donors (Lipinski definition) is 0. The van der Waals surface area contributed by atoms with Gasteiger partial charge in [-0.05, 0) is 95.8 Å². The van der Waals surface area contributed by atoms with Crippen molar-refractivity contribution in [3.8, 4) is 56.5 Å². The van der Waals surface area contributed by atoms with E-state index in [-0.39, 0.29) is 0 Å². The first-order valence-corrected chi connectivity index (χ1v) is 24.0. The van der Waals surface area contributed by atoms with E-state index in [9.17, 15) is 0 Å². The number of hydrogen-bond acceptors (Lipinski definition) is 5. The minimum Gasteiger partial charge on any atom is -0.456 e. The smallest absolute Gasteiger partial charge is 0.164 e. The van der Waals surface area contributed by atoms with Crippen molar-refractivity contribution in [2.45, 2.75) is 0 Å². The molecule has 5 heteroatoms. The third kappa shape index (κ3) is 6.27. The van der Waals surface area contributed by atoms with Crippen LogP contribution in [0, 0.1) is 0 Å². The minimum atomic E-state index is 0.600. The van der Waals surface area contributed by atoms with Crippen LogP contribution < -0.4 is 0 Å². The SMILES string of the molecule is c1ccc2cc(-c3nc(-c4ccc(-c5c6c(cc7c(-c8ccc9c%10ccccc%10c%10ccccc%10c9c8)nc8ccccc8c57)oc5ccccc56)cc4)nc(-c4ccc5ccccc5c4)n3)ccc2c1. The molecular formula is C66H38N4O. The molecule has 0 aliphatic rings. The lowest BCUT2D eigenvalue weighted by molar-refractivity contribution is 0.669. The number of furan rings is 1. The second kappa shape index (κ2) is 15.5. The standard InChI is InChI=1S/C66H38N4O/c1-3-15-43-35-46(31-25-39(43)13-1)65-68-64(69-66(70-65)47-32-26-40-14-2-4-16-44(40)36-47)42-29-27-41(28-30-42)60-61-53-21-9-11-23-57(53)67-63(56(61)38-59-62(60)54-22-10-12-24-58(54)71-59)45-33-34-52-50-19-6-5-17-48(50)49-18-7-8-20-51(49)55(52)37-45/h1-38H. The van der Waals surface area contributed by atoms with Crippen LogP contribution in [0.15, 0.2) is 235 Å². The van der Waals surface area contributed by atoms with Gasteiger partial charge in [0.2, 0.25) is 0 Å². The quantitative estimate of drug-likeness (QED) is 0.161. The molecule has 0 unspecified atom stereocenters. The number of fused-ring (bicyclic) bond motifs is 14. The number of aromatic nitrogens is 4. The zero-order valence-corrected chi connectivity index (χ0v) is 38.1. The maximum absolute atomic E-state index is 6.80. The molecule has 15 rings (SSSR count). The van der Waals surface area contributed by atoms with Crippen LogP contribution >= 0.6 is 0 Å². The molecule has 71 heavy (non-hydrogen) atoms. The van der Waals surface area contributed by atoms with Crippen molar-refractivity contribution < 1.29 is 4.42 Å². The summed E-state index contributed by atoms with van der Waals surface area (Å²) in [6, 6.07) is 81.7. The minimum absolute atomic E-state index is 0.600. The highest BCUT2D eigenvalue weighted by Gasteiger charge is 2.23. The molecule has 12 aromatic carbocycles. The first kappa shape index (κ1) is 39.4. The molecule has 0 aliphatic carbocycles. The fraction of sp³-hybridized carbons (Fsp3) is 0. The maximum atomic E-state index is 6.80. The Hall–Kier alpha value is -9.58. The molecule has 0 N–H and O–H groups in total. The lowest BCUT2D eigenvalue weighted by Crippen LogP contribution is -2.00. The Bertz CT molecular complexity index is 4570. The molecule has 0 fully saturated rings. The molecule has 328 valence electrons. The van der Waals surface area contributed by atoms with E-state index in [1.54, 1.807) is 0 Å². The van der Waals surface area contributed by atoms with Gasteiger partial charge in [-0.3, -0.25) is 0 Å². The normalized spacial score (nSPS) is 11.9. The van der Waals surface area contributed by atoms with Gasteiger partial charge in [-0.15, -0.1) is 0 Å². The molecule has 0 radical (unpaired) electrons. The fourth-order valence-corrected chi connectivity index (χ4v) is 11.1. The van der Waals surface area contributed by atoms with E-state index in [0.717, 1.165) is 93.5 Å². The second-order valence-electron chi connectivity index (χ2n) is 18.5. The van der Waals surface area contributed by atoms with E-state index in [0.29, 0.717) is 17.5 Å². The highest BCUT2D eigenvalue weighted by molar-refractivity contribution is 6.29. The fourth-order valence-electron chi connectivity index (χ4n) is 11.1. The molecule has 15 aromatic rings. The third-order valence-electron chi connectivity index (χ3n) is 14.4. The van der Waals surface area contributed by atoms with Crippen molar-refractivity contribution in [1.29, 1.82) is 0 Å². The van der Waals surface area contributed by atoms with Gasteiger partial charge in [0, 0.05) is 54.7 Å². The van der Waals surface area contributed by atoms with Gasteiger partial charge in [0.25, 0.3) is 0 Å². The first-order valence-electron chi connectivity index (χ1n) is 24.0. The Kier molecular flexibility index (Phi) is 8.59. The summed E-state index contributed by atoms with van der Waals surface area (Å²) in [4.78, 5) is 21.0. The molecule has 0 bridgehead atoms. The Morgan fingerprint density at radius 1 is 0.254 bits per heavy atom. The molecule has 0 atom stereocenters. The number of rotatable bonds is 5. The van der Waals surface area contributed by atoms with Crippen molar-refractivity contribution in [2.75, 3.05) is 0 Å². The lowest BCUT2D eigenvalue weighted by Gasteiger charge is -2.17. The Labute approximate surface area is 407 Å². The monoisotopic (exact) mass is 902 g/mol. The summed E-state index contributed by atoms with van der Waals surface area (Å²) in [6.07, 6.45) is 0. The van der Waals surface area contributed by atoms with Crippen LogP contribution in [0.1, 0.15) is 0 Å². The zero-order valence-electron chi connectivity index (χ0n) is 38.1. The molecule has 0 aliphatic heterocycles. The zero-order chi connectivity index (χ0) is 46.6. The third-order valence-corrected chi connectivity index (χ3v) is 14.4. The maximum Gasteiger partial charge on any atom is 0.164 e.